The van der Waals surface area contributed by atoms with Crippen LogP contribution >= 0.6 is 0 Å². The van der Waals surface area contributed by atoms with Crippen LogP contribution in [0.15, 0.2) is 0 Å². The molecule has 14 heavy (non-hydrogen) atoms. The molecule has 2 fully saturated rings. The van der Waals surface area contributed by atoms with Crippen LogP contribution < -0.4 is 0 Å². The molecule has 2 aliphatic rings. The van der Waals surface area contributed by atoms with E-state index in [2.05, 4.69) is 4.90 Å². The predicted molar refractivity (Wildman–Crippen MR) is 58.3 cm³/mol. The van der Waals surface area contributed by atoms with Crippen LogP contribution in [0.2, 0.25) is 0 Å². The summed E-state index contributed by atoms with van der Waals surface area (Å²) < 4.78 is 0. The van der Waals surface area contributed by atoms with Crippen molar-refractivity contribution in [3.63, 3.8) is 0 Å². The molecule has 0 bridgehead atoms. The van der Waals surface area contributed by atoms with Gasteiger partial charge >= 0.3 is 0 Å². The molecular formula is C12H23NO. The van der Waals surface area contributed by atoms with Gasteiger partial charge in [0.2, 0.25) is 0 Å². The van der Waals surface area contributed by atoms with Gasteiger partial charge in [-0.2, -0.15) is 0 Å². The van der Waals surface area contributed by atoms with Gasteiger partial charge in [0.25, 0.3) is 0 Å². The van der Waals surface area contributed by atoms with Gasteiger partial charge in [-0.15, -0.1) is 0 Å². The topological polar surface area (TPSA) is 23.5 Å². The van der Waals surface area contributed by atoms with E-state index < -0.39 is 0 Å². The third-order valence-corrected chi connectivity index (χ3v) is 3.67. The molecule has 0 saturated heterocycles. The second kappa shape index (κ2) is 5.13. The number of aliphatic hydroxyl groups excluding tert-OH is 1. The number of hydrogen-bond acceptors (Lipinski definition) is 2. The molecule has 0 amide bonds. The molecule has 2 heteroatoms. The highest BCUT2D eigenvalue weighted by Crippen LogP contribution is 2.32. The van der Waals surface area contributed by atoms with Crippen molar-refractivity contribution in [2.45, 2.75) is 63.5 Å². The van der Waals surface area contributed by atoms with Crippen molar-refractivity contribution in [2.24, 2.45) is 0 Å². The summed E-state index contributed by atoms with van der Waals surface area (Å²) in [7, 11) is 0. The molecular weight excluding hydrogens is 174 g/mol. The number of nitrogens with zero attached hydrogens (tertiary/aromatic N) is 1. The van der Waals surface area contributed by atoms with Crippen LogP contribution in [-0.4, -0.2) is 35.2 Å². The lowest BCUT2D eigenvalue weighted by Crippen LogP contribution is -2.38. The third kappa shape index (κ3) is 2.71. The minimum atomic E-state index is 0.340. The zero-order valence-electron chi connectivity index (χ0n) is 9.12. The molecule has 0 heterocycles. The maximum Gasteiger partial charge on any atom is 0.0558 e. The van der Waals surface area contributed by atoms with E-state index in [1.807, 2.05) is 0 Å². The molecule has 2 aliphatic carbocycles. The van der Waals surface area contributed by atoms with Crippen molar-refractivity contribution in [3.8, 4) is 0 Å². The van der Waals surface area contributed by atoms with Crippen LogP contribution in [0.3, 0.4) is 0 Å². The van der Waals surface area contributed by atoms with E-state index in [-0.39, 0.29) is 0 Å². The summed E-state index contributed by atoms with van der Waals surface area (Å²) in [4.78, 5) is 2.59. The average Bonchev–Trinajstić information content (AvgIpc) is 3.02. The van der Waals surface area contributed by atoms with Gasteiger partial charge in [0.15, 0.2) is 0 Å². The first-order valence-corrected chi connectivity index (χ1v) is 6.28. The Morgan fingerprint density at radius 1 is 0.857 bits per heavy atom. The molecule has 0 aromatic heterocycles. The van der Waals surface area contributed by atoms with Crippen molar-refractivity contribution in [2.75, 3.05) is 13.2 Å². The van der Waals surface area contributed by atoms with Crippen molar-refractivity contribution >= 4 is 0 Å². The fourth-order valence-electron chi connectivity index (χ4n) is 2.77. The highest BCUT2D eigenvalue weighted by Gasteiger charge is 2.33. The van der Waals surface area contributed by atoms with Crippen molar-refractivity contribution < 1.29 is 5.11 Å². The first-order chi connectivity index (χ1) is 6.92. The van der Waals surface area contributed by atoms with Gasteiger partial charge in [0.1, 0.15) is 0 Å². The van der Waals surface area contributed by atoms with E-state index in [9.17, 15) is 0 Å². The molecule has 0 unspecified atom stereocenters. The second-order valence-electron chi connectivity index (χ2n) is 4.84. The van der Waals surface area contributed by atoms with E-state index in [4.69, 9.17) is 5.11 Å². The summed E-state index contributed by atoms with van der Waals surface area (Å²) in [6.45, 7) is 1.25. The summed E-state index contributed by atoms with van der Waals surface area (Å²) in [5.74, 6) is 0. The van der Waals surface area contributed by atoms with Crippen LogP contribution in [0.1, 0.15) is 51.4 Å². The molecule has 2 saturated carbocycles. The zero-order valence-corrected chi connectivity index (χ0v) is 9.12. The first kappa shape index (κ1) is 10.4. The number of aliphatic hydroxyl groups is 1. The van der Waals surface area contributed by atoms with Crippen LogP contribution in [0.25, 0.3) is 0 Å². The van der Waals surface area contributed by atoms with Gasteiger partial charge in [-0.25, -0.2) is 0 Å². The van der Waals surface area contributed by atoms with Crippen LogP contribution in [0.5, 0.6) is 0 Å². The molecule has 1 N–H and O–H groups in total. The Bertz CT molecular complexity index is 160. The maximum atomic E-state index is 9.07. The smallest absolute Gasteiger partial charge is 0.0558 e. The number of rotatable bonds is 4. The number of hydrogen-bond donors (Lipinski definition) is 1. The van der Waals surface area contributed by atoms with Gasteiger partial charge in [0.05, 0.1) is 6.61 Å². The van der Waals surface area contributed by atoms with Crippen LogP contribution in [0.4, 0.5) is 0 Å². The lowest BCUT2D eigenvalue weighted by Gasteiger charge is -2.30. The molecule has 0 aromatic rings. The lowest BCUT2D eigenvalue weighted by atomic mass is 10.1. The van der Waals surface area contributed by atoms with Gasteiger partial charge in [-0.1, -0.05) is 25.7 Å². The molecule has 0 spiro atoms. The minimum absolute atomic E-state index is 0.340. The van der Waals surface area contributed by atoms with Crippen molar-refractivity contribution in [1.82, 2.24) is 4.90 Å². The molecule has 0 aromatic carbocycles. The van der Waals surface area contributed by atoms with E-state index in [1.54, 1.807) is 0 Å². The molecule has 0 radical (unpaired) electrons. The Morgan fingerprint density at radius 3 is 1.93 bits per heavy atom. The monoisotopic (exact) mass is 197 g/mol. The predicted octanol–water partition coefficient (Wildman–Crippen LogP) is 2.17. The third-order valence-electron chi connectivity index (χ3n) is 3.67. The van der Waals surface area contributed by atoms with E-state index in [0.717, 1.165) is 18.6 Å². The second-order valence-corrected chi connectivity index (χ2v) is 4.84. The minimum Gasteiger partial charge on any atom is -0.395 e. The van der Waals surface area contributed by atoms with E-state index >= 15 is 0 Å². The van der Waals surface area contributed by atoms with Gasteiger partial charge < -0.3 is 5.11 Å². The molecule has 0 atom stereocenters. The first-order valence-electron chi connectivity index (χ1n) is 6.28. The molecule has 0 aliphatic heterocycles. The highest BCUT2D eigenvalue weighted by molar-refractivity contribution is 4.89. The van der Waals surface area contributed by atoms with Crippen molar-refractivity contribution in [3.05, 3.63) is 0 Å². The lowest BCUT2D eigenvalue weighted by molar-refractivity contribution is 0.131. The van der Waals surface area contributed by atoms with E-state index in [0.29, 0.717) is 6.61 Å². The molecule has 2 nitrogen and oxygen atoms in total. The highest BCUT2D eigenvalue weighted by atomic mass is 16.3. The van der Waals surface area contributed by atoms with Crippen LogP contribution in [0, 0.1) is 0 Å². The zero-order chi connectivity index (χ0) is 9.80. The Labute approximate surface area is 87.3 Å². The standard InChI is InChI=1S/C12H23NO/c14-10-9-13(12-7-8-12)11-5-3-1-2-4-6-11/h11-12,14H,1-10H2. The maximum absolute atomic E-state index is 9.07. The summed E-state index contributed by atoms with van der Waals surface area (Å²) in [5.41, 5.74) is 0. The summed E-state index contributed by atoms with van der Waals surface area (Å²) in [5, 5.41) is 9.07. The van der Waals surface area contributed by atoms with E-state index in [1.165, 1.54) is 51.4 Å². The summed E-state index contributed by atoms with van der Waals surface area (Å²) in [6.07, 6.45) is 11.1. The van der Waals surface area contributed by atoms with Gasteiger partial charge in [-0.3, -0.25) is 4.90 Å². The van der Waals surface area contributed by atoms with Gasteiger partial charge in [0, 0.05) is 18.6 Å². The Balaban J connectivity index is 1.86. The quantitative estimate of drug-likeness (QED) is 0.698. The Hall–Kier alpha value is -0.0800. The van der Waals surface area contributed by atoms with Crippen molar-refractivity contribution in [1.29, 1.82) is 0 Å². The summed E-state index contributed by atoms with van der Waals surface area (Å²) >= 11 is 0. The average molecular weight is 197 g/mol. The van der Waals surface area contributed by atoms with Crippen LogP contribution in [-0.2, 0) is 0 Å². The Morgan fingerprint density at radius 2 is 1.43 bits per heavy atom. The fraction of sp³-hybridized carbons (Fsp3) is 1.00. The molecule has 2 rings (SSSR count). The fourth-order valence-corrected chi connectivity index (χ4v) is 2.77. The molecule has 82 valence electrons. The summed E-state index contributed by atoms with van der Waals surface area (Å²) in [6, 6.07) is 1.61. The normalized spacial score (nSPS) is 25.3. The Kier molecular flexibility index (Phi) is 3.82. The largest absolute Gasteiger partial charge is 0.395 e. The van der Waals surface area contributed by atoms with Gasteiger partial charge in [-0.05, 0) is 25.7 Å². The SMILES string of the molecule is OCCN(C1CCCCCC1)C1CC1.